The number of carbonyl (C=O) groups is 1. The molecular formula is C14H27N3O2. The summed E-state index contributed by atoms with van der Waals surface area (Å²) in [6.07, 6.45) is 5.50. The van der Waals surface area contributed by atoms with Crippen LogP contribution in [0, 0.1) is 11.3 Å². The van der Waals surface area contributed by atoms with E-state index in [1.165, 1.54) is 6.42 Å². The number of amides is 1. The fourth-order valence-electron chi connectivity index (χ4n) is 3.03. The largest absolute Gasteiger partial charge is 0.409 e. The standard InChI is InChI=1S/C14H27N3O2/c1-4-14(5-2,12(15)17-19)13(18)16-11-8-6-7-10(3)9-11/h10-11,19H,4-9H2,1-3H3,(H2,15,17)(H,16,18). The third kappa shape index (κ3) is 3.39. The molecule has 0 aromatic carbocycles. The van der Waals surface area contributed by atoms with E-state index in [1.807, 2.05) is 13.8 Å². The Balaban J connectivity index is 2.78. The predicted octanol–water partition coefficient (Wildman–Crippen LogP) is 2.23. The van der Waals surface area contributed by atoms with E-state index < -0.39 is 5.41 Å². The average Bonchev–Trinajstić information content (AvgIpc) is 2.40. The molecule has 1 aliphatic carbocycles. The molecular weight excluding hydrogens is 242 g/mol. The molecule has 1 saturated carbocycles. The number of nitrogens with two attached hydrogens (primary N) is 1. The fraction of sp³-hybridized carbons (Fsp3) is 0.857. The first-order valence-corrected chi connectivity index (χ1v) is 7.29. The molecule has 1 fully saturated rings. The zero-order valence-corrected chi connectivity index (χ0v) is 12.3. The first-order valence-electron chi connectivity index (χ1n) is 7.29. The number of nitrogens with one attached hydrogen (secondary N) is 1. The van der Waals surface area contributed by atoms with Crippen molar-refractivity contribution in [2.45, 2.75) is 65.3 Å². The van der Waals surface area contributed by atoms with Crippen LogP contribution in [0.5, 0.6) is 0 Å². The van der Waals surface area contributed by atoms with Crippen molar-refractivity contribution >= 4 is 11.7 Å². The number of carbonyl (C=O) groups excluding carboxylic acids is 1. The third-order valence-electron chi connectivity index (χ3n) is 4.51. The van der Waals surface area contributed by atoms with Crippen molar-refractivity contribution in [3.8, 4) is 0 Å². The molecule has 2 unspecified atom stereocenters. The average molecular weight is 269 g/mol. The molecule has 4 N–H and O–H groups in total. The first-order chi connectivity index (χ1) is 9.00. The van der Waals surface area contributed by atoms with Crippen molar-refractivity contribution in [1.82, 2.24) is 5.32 Å². The molecule has 0 aromatic rings. The van der Waals surface area contributed by atoms with Crippen LogP contribution in [0.25, 0.3) is 0 Å². The summed E-state index contributed by atoms with van der Waals surface area (Å²) in [6.45, 7) is 6.00. The van der Waals surface area contributed by atoms with Gasteiger partial charge in [-0.25, -0.2) is 0 Å². The molecule has 1 rings (SSSR count). The molecule has 0 radical (unpaired) electrons. The minimum atomic E-state index is -0.880. The molecule has 0 aromatic heterocycles. The Morgan fingerprint density at radius 3 is 2.53 bits per heavy atom. The second kappa shape index (κ2) is 6.78. The molecule has 0 aliphatic heterocycles. The fourth-order valence-corrected chi connectivity index (χ4v) is 3.03. The lowest BCUT2D eigenvalue weighted by Gasteiger charge is -2.33. The van der Waals surface area contributed by atoms with E-state index in [-0.39, 0.29) is 17.8 Å². The van der Waals surface area contributed by atoms with Crippen LogP contribution in [-0.2, 0) is 4.79 Å². The summed E-state index contributed by atoms with van der Waals surface area (Å²) < 4.78 is 0. The van der Waals surface area contributed by atoms with Crippen LogP contribution in [0.4, 0.5) is 0 Å². The Bertz CT molecular complexity index is 338. The monoisotopic (exact) mass is 269 g/mol. The van der Waals surface area contributed by atoms with E-state index in [9.17, 15) is 4.79 Å². The third-order valence-corrected chi connectivity index (χ3v) is 4.51. The van der Waals surface area contributed by atoms with E-state index >= 15 is 0 Å². The van der Waals surface area contributed by atoms with Gasteiger partial charge in [0.15, 0.2) is 5.84 Å². The molecule has 0 spiro atoms. The Kier molecular flexibility index (Phi) is 5.63. The second-order valence-electron chi connectivity index (χ2n) is 5.72. The van der Waals surface area contributed by atoms with Crippen molar-refractivity contribution in [2.75, 3.05) is 0 Å². The van der Waals surface area contributed by atoms with Gasteiger partial charge in [-0.15, -0.1) is 0 Å². The van der Waals surface area contributed by atoms with Gasteiger partial charge in [-0.3, -0.25) is 4.79 Å². The van der Waals surface area contributed by atoms with Crippen LogP contribution < -0.4 is 11.1 Å². The number of rotatable bonds is 5. The highest BCUT2D eigenvalue weighted by molar-refractivity contribution is 6.06. The highest BCUT2D eigenvalue weighted by Gasteiger charge is 2.40. The Labute approximate surface area is 115 Å². The van der Waals surface area contributed by atoms with Crippen molar-refractivity contribution in [1.29, 1.82) is 0 Å². The van der Waals surface area contributed by atoms with Crippen molar-refractivity contribution in [3.05, 3.63) is 0 Å². The summed E-state index contributed by atoms with van der Waals surface area (Å²) in [7, 11) is 0. The maximum atomic E-state index is 12.5. The molecule has 110 valence electrons. The lowest BCUT2D eigenvalue weighted by atomic mass is 9.79. The number of amidine groups is 1. The number of nitrogens with zero attached hydrogens (tertiary/aromatic N) is 1. The van der Waals surface area contributed by atoms with Crippen LogP contribution in [0.15, 0.2) is 5.16 Å². The van der Waals surface area contributed by atoms with E-state index in [4.69, 9.17) is 10.9 Å². The van der Waals surface area contributed by atoms with Crippen LogP contribution in [-0.4, -0.2) is 23.0 Å². The minimum Gasteiger partial charge on any atom is -0.409 e. The van der Waals surface area contributed by atoms with Crippen LogP contribution in [0.3, 0.4) is 0 Å². The van der Waals surface area contributed by atoms with Gasteiger partial charge in [0.05, 0.1) is 0 Å². The summed E-state index contributed by atoms with van der Waals surface area (Å²) in [6, 6.07) is 0.222. The molecule has 0 saturated heterocycles. The van der Waals surface area contributed by atoms with Gasteiger partial charge >= 0.3 is 0 Å². The smallest absolute Gasteiger partial charge is 0.234 e. The SMILES string of the molecule is CCC(CC)(C(=O)NC1CCCC(C)C1)C(N)=NO. The molecule has 5 heteroatoms. The van der Waals surface area contributed by atoms with Crippen LogP contribution in [0.1, 0.15) is 59.3 Å². The molecule has 2 atom stereocenters. The van der Waals surface area contributed by atoms with Gasteiger partial charge in [-0.1, -0.05) is 38.8 Å². The lowest BCUT2D eigenvalue weighted by Crippen LogP contribution is -2.52. The summed E-state index contributed by atoms with van der Waals surface area (Å²) >= 11 is 0. The Morgan fingerprint density at radius 2 is 2.05 bits per heavy atom. The number of hydrogen-bond acceptors (Lipinski definition) is 3. The molecule has 0 bridgehead atoms. The Morgan fingerprint density at radius 1 is 1.42 bits per heavy atom. The van der Waals surface area contributed by atoms with Crippen LogP contribution >= 0.6 is 0 Å². The zero-order valence-electron chi connectivity index (χ0n) is 12.3. The second-order valence-corrected chi connectivity index (χ2v) is 5.72. The number of oxime groups is 1. The summed E-state index contributed by atoms with van der Waals surface area (Å²) in [4.78, 5) is 12.5. The normalized spacial score (nSPS) is 25.1. The van der Waals surface area contributed by atoms with Crippen molar-refractivity contribution in [3.63, 3.8) is 0 Å². The van der Waals surface area contributed by atoms with Gasteiger partial charge in [-0.05, 0) is 31.6 Å². The van der Waals surface area contributed by atoms with Gasteiger partial charge in [0.1, 0.15) is 5.41 Å². The topological polar surface area (TPSA) is 87.7 Å². The first kappa shape index (κ1) is 15.8. The molecule has 1 aliphatic rings. The maximum Gasteiger partial charge on any atom is 0.234 e. The van der Waals surface area contributed by atoms with E-state index in [1.54, 1.807) is 0 Å². The molecule has 19 heavy (non-hydrogen) atoms. The summed E-state index contributed by atoms with van der Waals surface area (Å²) in [5.41, 5.74) is 4.87. The predicted molar refractivity (Wildman–Crippen MR) is 76.0 cm³/mol. The van der Waals surface area contributed by atoms with Gasteiger partial charge in [0.2, 0.25) is 5.91 Å². The van der Waals surface area contributed by atoms with Crippen LogP contribution in [0.2, 0.25) is 0 Å². The lowest BCUT2D eigenvalue weighted by molar-refractivity contribution is -0.129. The molecule has 0 heterocycles. The quantitative estimate of drug-likeness (QED) is 0.309. The van der Waals surface area contributed by atoms with Gasteiger partial charge < -0.3 is 16.3 Å². The highest BCUT2D eigenvalue weighted by atomic mass is 16.4. The van der Waals surface area contributed by atoms with Gasteiger partial charge in [-0.2, -0.15) is 0 Å². The summed E-state index contributed by atoms with van der Waals surface area (Å²) in [5.74, 6) is 0.561. The van der Waals surface area contributed by atoms with Crippen molar-refractivity contribution < 1.29 is 10.0 Å². The number of hydrogen-bond donors (Lipinski definition) is 3. The summed E-state index contributed by atoms with van der Waals surface area (Å²) in [5, 5.41) is 15.1. The van der Waals surface area contributed by atoms with Crippen molar-refractivity contribution in [2.24, 2.45) is 22.2 Å². The van der Waals surface area contributed by atoms with Gasteiger partial charge in [0, 0.05) is 6.04 Å². The van der Waals surface area contributed by atoms with E-state index in [0.717, 1.165) is 19.3 Å². The maximum absolute atomic E-state index is 12.5. The highest BCUT2D eigenvalue weighted by Crippen LogP contribution is 2.29. The van der Waals surface area contributed by atoms with E-state index in [2.05, 4.69) is 17.4 Å². The van der Waals surface area contributed by atoms with Gasteiger partial charge in [0.25, 0.3) is 0 Å². The Hall–Kier alpha value is -1.26. The minimum absolute atomic E-state index is 0.0128. The van der Waals surface area contributed by atoms with E-state index in [0.29, 0.717) is 18.8 Å². The zero-order chi connectivity index (χ0) is 14.5. The molecule has 5 nitrogen and oxygen atoms in total. The molecule has 1 amide bonds.